The van der Waals surface area contributed by atoms with Gasteiger partial charge in [0.05, 0.1) is 31.6 Å². The molecule has 0 aliphatic heterocycles. The van der Waals surface area contributed by atoms with Gasteiger partial charge in [0.15, 0.2) is 22.8 Å². The SMILES string of the molecule is COCCNc1nc(Cl)nc2c1ncn2[C@H]1C(=O)[C@H](COCP(=O)(O)O)[C@H](O)[C@@H]1O. The molecular formula is C15H21ClN5O8P. The highest BCUT2D eigenvalue weighted by molar-refractivity contribution is 7.51. The monoisotopic (exact) mass is 465 g/mol. The Hall–Kier alpha value is -1.70. The first-order chi connectivity index (χ1) is 14.1. The molecule has 0 saturated heterocycles. The second-order valence-electron chi connectivity index (χ2n) is 6.68. The zero-order chi connectivity index (χ0) is 22.1. The van der Waals surface area contributed by atoms with E-state index in [1.54, 1.807) is 0 Å². The molecule has 5 N–H and O–H groups in total. The number of ketones is 1. The molecule has 3 rings (SSSR count). The first-order valence-corrected chi connectivity index (χ1v) is 11.0. The van der Waals surface area contributed by atoms with Crippen molar-refractivity contribution in [1.82, 2.24) is 19.5 Å². The Morgan fingerprint density at radius 3 is 2.70 bits per heavy atom. The number of hydrogen-bond acceptors (Lipinski definition) is 10. The Morgan fingerprint density at radius 1 is 1.30 bits per heavy atom. The molecule has 1 aliphatic rings. The Balaban J connectivity index is 1.87. The number of nitrogens with one attached hydrogen (secondary N) is 1. The Bertz CT molecular complexity index is 968. The summed E-state index contributed by atoms with van der Waals surface area (Å²) in [5, 5.41) is 23.6. The molecular weight excluding hydrogens is 445 g/mol. The minimum atomic E-state index is -4.44. The van der Waals surface area contributed by atoms with Crippen molar-refractivity contribution < 1.29 is 38.8 Å². The molecule has 2 aromatic heterocycles. The van der Waals surface area contributed by atoms with E-state index in [1.165, 1.54) is 18.0 Å². The number of carbonyl (C=O) groups excluding carboxylic acids is 1. The van der Waals surface area contributed by atoms with E-state index in [1.807, 2.05) is 0 Å². The highest BCUT2D eigenvalue weighted by Crippen LogP contribution is 2.37. The van der Waals surface area contributed by atoms with Crippen LogP contribution in [0.5, 0.6) is 0 Å². The highest BCUT2D eigenvalue weighted by atomic mass is 35.5. The molecule has 2 heterocycles. The lowest BCUT2D eigenvalue weighted by molar-refractivity contribution is -0.126. The van der Waals surface area contributed by atoms with Crippen LogP contribution in [0.3, 0.4) is 0 Å². The maximum atomic E-state index is 12.9. The number of nitrogens with zero attached hydrogens (tertiary/aromatic N) is 4. The van der Waals surface area contributed by atoms with Crippen LogP contribution in [-0.2, 0) is 18.8 Å². The number of aromatic nitrogens is 4. The fourth-order valence-corrected chi connectivity index (χ4v) is 3.76. The predicted octanol–water partition coefficient (Wildman–Crippen LogP) is -0.848. The molecule has 1 aliphatic carbocycles. The third-order valence-corrected chi connectivity index (χ3v) is 5.28. The maximum Gasteiger partial charge on any atom is 0.350 e. The van der Waals surface area contributed by atoms with Crippen molar-refractivity contribution in [3.63, 3.8) is 0 Å². The summed E-state index contributed by atoms with van der Waals surface area (Å²) in [7, 11) is -2.90. The number of aliphatic hydroxyl groups is 2. The van der Waals surface area contributed by atoms with Crippen molar-refractivity contribution in [2.24, 2.45) is 5.92 Å². The van der Waals surface area contributed by atoms with Gasteiger partial charge < -0.3 is 39.4 Å². The van der Waals surface area contributed by atoms with Crippen molar-refractivity contribution in [2.45, 2.75) is 18.2 Å². The van der Waals surface area contributed by atoms with Gasteiger partial charge in [-0.2, -0.15) is 9.97 Å². The van der Waals surface area contributed by atoms with Crippen LogP contribution >= 0.6 is 19.2 Å². The van der Waals surface area contributed by atoms with Crippen LogP contribution in [0.1, 0.15) is 6.04 Å². The summed E-state index contributed by atoms with van der Waals surface area (Å²) in [5.41, 5.74) is 0.461. The summed E-state index contributed by atoms with van der Waals surface area (Å²) in [4.78, 5) is 42.9. The minimum absolute atomic E-state index is 0.119. The van der Waals surface area contributed by atoms with E-state index in [4.69, 9.17) is 30.9 Å². The van der Waals surface area contributed by atoms with Crippen molar-refractivity contribution in [3.05, 3.63) is 11.6 Å². The van der Waals surface area contributed by atoms with Gasteiger partial charge in [0, 0.05) is 13.7 Å². The number of hydrogen-bond donors (Lipinski definition) is 5. The average Bonchev–Trinajstić information content (AvgIpc) is 3.15. The van der Waals surface area contributed by atoms with Gasteiger partial charge in [0.2, 0.25) is 5.28 Å². The normalized spacial score (nSPS) is 24.7. The fourth-order valence-electron chi connectivity index (χ4n) is 3.25. The largest absolute Gasteiger partial charge is 0.389 e. The minimum Gasteiger partial charge on any atom is -0.389 e. The zero-order valence-electron chi connectivity index (χ0n) is 15.8. The van der Waals surface area contributed by atoms with Gasteiger partial charge in [-0.3, -0.25) is 9.36 Å². The number of anilines is 1. The van der Waals surface area contributed by atoms with Gasteiger partial charge in [0.25, 0.3) is 0 Å². The van der Waals surface area contributed by atoms with Crippen molar-refractivity contribution in [3.8, 4) is 0 Å². The third kappa shape index (κ3) is 4.79. The lowest BCUT2D eigenvalue weighted by Crippen LogP contribution is -2.31. The van der Waals surface area contributed by atoms with E-state index >= 15 is 0 Å². The van der Waals surface area contributed by atoms with Crippen LogP contribution in [0.25, 0.3) is 11.2 Å². The lowest BCUT2D eigenvalue weighted by atomic mass is 10.1. The van der Waals surface area contributed by atoms with Crippen LogP contribution in [-0.4, -0.2) is 90.7 Å². The average molecular weight is 466 g/mol. The topological polar surface area (TPSA) is 189 Å². The van der Waals surface area contributed by atoms with Gasteiger partial charge in [-0.15, -0.1) is 0 Å². The van der Waals surface area contributed by atoms with E-state index in [0.29, 0.717) is 24.5 Å². The van der Waals surface area contributed by atoms with Crippen LogP contribution < -0.4 is 5.32 Å². The maximum absolute atomic E-state index is 12.9. The van der Waals surface area contributed by atoms with Crippen LogP contribution in [0, 0.1) is 5.92 Å². The second-order valence-corrected chi connectivity index (χ2v) is 8.61. The van der Waals surface area contributed by atoms with Crippen molar-refractivity contribution in [2.75, 3.05) is 38.5 Å². The highest BCUT2D eigenvalue weighted by Gasteiger charge is 2.50. The molecule has 1 fully saturated rings. The fraction of sp³-hybridized carbons (Fsp3) is 0.600. The smallest absolute Gasteiger partial charge is 0.350 e. The number of Topliss-reactive ketones (excluding diaryl/α,β-unsaturated/α-hetero) is 1. The van der Waals surface area contributed by atoms with E-state index in [-0.39, 0.29) is 10.9 Å². The zero-order valence-corrected chi connectivity index (χ0v) is 17.4. The van der Waals surface area contributed by atoms with E-state index in [0.717, 1.165) is 0 Å². The molecule has 0 radical (unpaired) electrons. The second kappa shape index (κ2) is 9.20. The molecule has 0 bridgehead atoms. The molecule has 1 saturated carbocycles. The molecule has 0 spiro atoms. The molecule has 166 valence electrons. The van der Waals surface area contributed by atoms with Crippen molar-refractivity contribution >= 4 is 42.0 Å². The van der Waals surface area contributed by atoms with Gasteiger partial charge in [0.1, 0.15) is 18.5 Å². The number of methoxy groups -OCH3 is 1. The summed E-state index contributed by atoms with van der Waals surface area (Å²) in [6.45, 7) is 0.339. The third-order valence-electron chi connectivity index (χ3n) is 4.59. The quantitative estimate of drug-likeness (QED) is 0.175. The standard InChI is InChI=1S/C15H21ClN5O8P/c1-28-3-2-17-13-8-14(20-15(16)19-13)21(5-18-8)9-10(22)7(11(23)12(9)24)4-29-6-30(25,26)27/h5,7,9,11-12,23-24H,2-4,6H2,1H3,(H,17,19,20)(H2,25,26,27)/t7-,9-,11-,12+/m0/s1. The molecule has 0 unspecified atom stereocenters. The van der Waals surface area contributed by atoms with Crippen molar-refractivity contribution in [1.29, 1.82) is 0 Å². The molecule has 2 aromatic rings. The summed E-state index contributed by atoms with van der Waals surface area (Å²) in [6.07, 6.45) is -2.66. The summed E-state index contributed by atoms with van der Waals surface area (Å²) < 4.78 is 22.0. The Kier molecular flexibility index (Phi) is 7.05. The number of rotatable bonds is 9. The van der Waals surface area contributed by atoms with E-state index < -0.39 is 50.5 Å². The van der Waals surface area contributed by atoms with Gasteiger partial charge in [-0.05, 0) is 11.6 Å². The van der Waals surface area contributed by atoms with Gasteiger partial charge >= 0.3 is 7.60 Å². The number of ether oxygens (including phenoxy) is 2. The first kappa shape index (κ1) is 23.0. The van der Waals surface area contributed by atoms with Crippen LogP contribution in [0.4, 0.5) is 5.82 Å². The molecule has 13 nitrogen and oxygen atoms in total. The van der Waals surface area contributed by atoms with Gasteiger partial charge in [-0.25, -0.2) is 4.98 Å². The molecule has 4 atom stereocenters. The number of imidazole rings is 1. The van der Waals surface area contributed by atoms with Gasteiger partial charge in [-0.1, -0.05) is 0 Å². The van der Waals surface area contributed by atoms with E-state index in [2.05, 4.69) is 20.3 Å². The van der Waals surface area contributed by atoms with Crippen LogP contribution in [0.15, 0.2) is 6.33 Å². The summed E-state index contributed by atoms with van der Waals surface area (Å²) >= 11 is 5.99. The Morgan fingerprint density at radius 2 is 2.03 bits per heavy atom. The predicted molar refractivity (Wildman–Crippen MR) is 103 cm³/mol. The molecule has 15 heteroatoms. The number of aliphatic hydroxyl groups excluding tert-OH is 2. The number of fused-ring (bicyclic) bond motifs is 1. The molecule has 0 amide bonds. The Labute approximate surface area is 175 Å². The summed E-state index contributed by atoms with van der Waals surface area (Å²) in [6, 6.07) is -1.24. The molecule has 0 aromatic carbocycles. The van der Waals surface area contributed by atoms with E-state index in [9.17, 15) is 19.6 Å². The lowest BCUT2D eigenvalue weighted by Gasteiger charge is -2.17. The number of carbonyl (C=O) groups is 1. The summed E-state index contributed by atoms with van der Waals surface area (Å²) in [5.74, 6) is -1.47. The first-order valence-electron chi connectivity index (χ1n) is 8.79. The molecule has 30 heavy (non-hydrogen) atoms. The number of halogens is 1. The van der Waals surface area contributed by atoms with Crippen LogP contribution in [0.2, 0.25) is 5.28 Å².